The number of hydrogen-bond acceptors (Lipinski definition) is 5. The number of nitrogens with one attached hydrogen (secondary N) is 1. The highest BCUT2D eigenvalue weighted by Crippen LogP contribution is 2.33. The first-order valence-corrected chi connectivity index (χ1v) is 14.3. The van der Waals surface area contributed by atoms with Gasteiger partial charge in [-0.15, -0.1) is 0 Å². The molecule has 0 aliphatic carbocycles. The molecule has 0 aliphatic rings. The lowest BCUT2D eigenvalue weighted by molar-refractivity contribution is -0.140. The minimum Gasteiger partial charge on any atom is -0.493 e. The molecule has 0 bridgehead atoms. The van der Waals surface area contributed by atoms with Crippen LogP contribution < -0.4 is 10.1 Å². The number of rotatable bonds is 12. The minimum absolute atomic E-state index is 0.0430. The second-order valence-corrected chi connectivity index (χ2v) is 11.4. The monoisotopic (exact) mass is 602 g/mol. The van der Waals surface area contributed by atoms with E-state index in [9.17, 15) is 39.6 Å². The fraction of sp³-hybridized carbons (Fsp3) is 0.321. The zero-order valence-corrected chi connectivity index (χ0v) is 23.0. The van der Waals surface area contributed by atoms with Crippen molar-refractivity contribution in [3.05, 3.63) is 94.3 Å². The number of ether oxygens (including phenoxy) is 1. The molecule has 3 rings (SSSR count). The van der Waals surface area contributed by atoms with Gasteiger partial charge >= 0.3 is 6.18 Å². The van der Waals surface area contributed by atoms with Gasteiger partial charge in [0, 0.05) is 56.6 Å². The zero-order valence-electron chi connectivity index (χ0n) is 22.2. The van der Waals surface area contributed by atoms with Crippen molar-refractivity contribution in [2.45, 2.75) is 44.1 Å². The predicted octanol–water partition coefficient (Wildman–Crippen LogP) is 5.63. The Kier molecular flexibility index (Phi) is 10.4. The van der Waals surface area contributed by atoms with Crippen LogP contribution in [0.4, 0.5) is 26.3 Å². The van der Waals surface area contributed by atoms with E-state index in [4.69, 9.17) is 4.74 Å². The van der Waals surface area contributed by atoms with E-state index >= 15 is 0 Å². The Morgan fingerprint density at radius 3 is 2.29 bits per heavy atom. The van der Waals surface area contributed by atoms with Gasteiger partial charge in [0.1, 0.15) is 23.2 Å². The van der Waals surface area contributed by atoms with Crippen LogP contribution in [0.15, 0.2) is 59.5 Å². The van der Waals surface area contributed by atoms with Crippen molar-refractivity contribution >= 4 is 15.7 Å². The van der Waals surface area contributed by atoms with E-state index in [1.54, 1.807) is 4.90 Å². The van der Waals surface area contributed by atoms with Crippen LogP contribution in [-0.2, 0) is 40.4 Å². The second-order valence-electron chi connectivity index (χ2n) is 9.38. The van der Waals surface area contributed by atoms with Crippen molar-refractivity contribution in [3.8, 4) is 5.75 Å². The molecule has 222 valence electrons. The fourth-order valence-corrected chi connectivity index (χ4v) is 5.04. The molecule has 13 heteroatoms. The van der Waals surface area contributed by atoms with E-state index in [0.29, 0.717) is 11.6 Å². The Morgan fingerprint density at radius 2 is 1.68 bits per heavy atom. The highest BCUT2D eigenvalue weighted by atomic mass is 32.2. The molecule has 1 N–H and O–H groups in total. The molecule has 6 nitrogen and oxygen atoms in total. The molecule has 0 saturated heterocycles. The van der Waals surface area contributed by atoms with Crippen LogP contribution in [0.2, 0.25) is 0 Å². The topological polar surface area (TPSA) is 75.7 Å². The lowest BCUT2D eigenvalue weighted by Gasteiger charge is -2.24. The Bertz CT molecular complexity index is 1480. The second kappa shape index (κ2) is 13.4. The summed E-state index contributed by atoms with van der Waals surface area (Å²) in [6.45, 7) is 0.969. The van der Waals surface area contributed by atoms with Crippen molar-refractivity contribution in [2.24, 2.45) is 0 Å². The molecular formula is C28H28F6N2O4S. The number of halogens is 6. The first-order valence-electron chi connectivity index (χ1n) is 12.4. The van der Waals surface area contributed by atoms with Gasteiger partial charge in [-0.05, 0) is 36.2 Å². The summed E-state index contributed by atoms with van der Waals surface area (Å²) in [7, 11) is -3.88. The SMILES string of the molecule is CC(=O)NCc1c(F)cc(OCCCN(Cc2ccc(F)cc2)Cc2cccc(C(F)(F)F)c2F)cc1S(C)(=O)=O. The molecule has 0 aliphatic heterocycles. The van der Waals surface area contributed by atoms with E-state index in [0.717, 1.165) is 24.5 Å². The van der Waals surface area contributed by atoms with Gasteiger partial charge in [-0.1, -0.05) is 24.3 Å². The van der Waals surface area contributed by atoms with Crippen molar-refractivity contribution in [2.75, 3.05) is 19.4 Å². The Morgan fingerprint density at radius 1 is 1.00 bits per heavy atom. The molecule has 0 unspecified atom stereocenters. The van der Waals surface area contributed by atoms with Gasteiger partial charge in [-0.2, -0.15) is 13.2 Å². The van der Waals surface area contributed by atoms with Crippen LogP contribution in [0.25, 0.3) is 0 Å². The number of hydrogen-bond donors (Lipinski definition) is 1. The quantitative estimate of drug-likeness (QED) is 0.215. The van der Waals surface area contributed by atoms with Gasteiger partial charge in [0.15, 0.2) is 9.84 Å². The van der Waals surface area contributed by atoms with E-state index < -0.39 is 44.9 Å². The van der Waals surface area contributed by atoms with E-state index in [-0.39, 0.29) is 61.0 Å². The Hall–Kier alpha value is -3.58. The normalized spacial score (nSPS) is 12.0. The molecule has 0 heterocycles. The van der Waals surface area contributed by atoms with Gasteiger partial charge in [-0.3, -0.25) is 9.69 Å². The van der Waals surface area contributed by atoms with Gasteiger partial charge in [0.05, 0.1) is 17.1 Å². The van der Waals surface area contributed by atoms with Crippen LogP contribution in [-0.4, -0.2) is 38.6 Å². The van der Waals surface area contributed by atoms with Gasteiger partial charge in [-0.25, -0.2) is 21.6 Å². The molecule has 0 radical (unpaired) electrons. The summed E-state index contributed by atoms with van der Waals surface area (Å²) in [4.78, 5) is 12.5. The summed E-state index contributed by atoms with van der Waals surface area (Å²) >= 11 is 0. The highest BCUT2D eigenvalue weighted by molar-refractivity contribution is 7.90. The zero-order chi connectivity index (χ0) is 30.4. The van der Waals surface area contributed by atoms with Crippen LogP contribution in [0, 0.1) is 17.5 Å². The largest absolute Gasteiger partial charge is 0.493 e. The van der Waals surface area contributed by atoms with Crippen molar-refractivity contribution < 1.29 is 44.3 Å². The first-order chi connectivity index (χ1) is 19.1. The molecule has 41 heavy (non-hydrogen) atoms. The van der Waals surface area contributed by atoms with Gasteiger partial charge in [0.25, 0.3) is 0 Å². The van der Waals surface area contributed by atoms with Crippen LogP contribution in [0.5, 0.6) is 5.75 Å². The molecule has 0 saturated carbocycles. The summed E-state index contributed by atoms with van der Waals surface area (Å²) in [5.41, 5.74) is -1.15. The van der Waals surface area contributed by atoms with E-state index in [2.05, 4.69) is 5.32 Å². The molecule has 0 aromatic heterocycles. The molecule has 3 aromatic rings. The first kappa shape index (κ1) is 31.9. The third-order valence-corrected chi connectivity index (χ3v) is 7.19. The smallest absolute Gasteiger partial charge is 0.419 e. The van der Waals surface area contributed by atoms with Crippen LogP contribution in [0.3, 0.4) is 0 Å². The van der Waals surface area contributed by atoms with E-state index in [1.165, 1.54) is 37.3 Å². The lowest BCUT2D eigenvalue weighted by Crippen LogP contribution is -2.26. The molecule has 0 atom stereocenters. The molecular weight excluding hydrogens is 574 g/mol. The third kappa shape index (κ3) is 9.22. The molecule has 1 amide bonds. The highest BCUT2D eigenvalue weighted by Gasteiger charge is 2.35. The maximum Gasteiger partial charge on any atom is 0.419 e. The minimum atomic E-state index is -4.87. The van der Waals surface area contributed by atoms with Gasteiger partial charge < -0.3 is 10.1 Å². The van der Waals surface area contributed by atoms with Crippen LogP contribution in [0.1, 0.15) is 35.6 Å². The lowest BCUT2D eigenvalue weighted by atomic mass is 10.1. The summed E-state index contributed by atoms with van der Waals surface area (Å²) in [5, 5.41) is 2.36. The maximum absolute atomic E-state index is 14.7. The van der Waals surface area contributed by atoms with Crippen LogP contribution >= 0.6 is 0 Å². The number of sulfone groups is 1. The average Bonchev–Trinajstić information content (AvgIpc) is 2.86. The molecule has 0 spiro atoms. The van der Waals surface area contributed by atoms with Crippen molar-refractivity contribution in [3.63, 3.8) is 0 Å². The Labute approximate surface area is 233 Å². The summed E-state index contributed by atoms with van der Waals surface area (Å²) < 4.78 is 112. The third-order valence-electron chi connectivity index (χ3n) is 6.03. The van der Waals surface area contributed by atoms with Gasteiger partial charge in [0.2, 0.25) is 5.91 Å². The predicted molar refractivity (Wildman–Crippen MR) is 139 cm³/mol. The van der Waals surface area contributed by atoms with E-state index in [1.807, 2.05) is 0 Å². The number of amides is 1. The molecule has 0 fully saturated rings. The Balaban J connectivity index is 1.75. The summed E-state index contributed by atoms with van der Waals surface area (Å²) in [6, 6.07) is 10.6. The van der Waals surface area contributed by atoms with Crippen molar-refractivity contribution in [1.82, 2.24) is 10.2 Å². The number of carbonyl (C=O) groups excluding carboxylic acids is 1. The van der Waals surface area contributed by atoms with Crippen molar-refractivity contribution in [1.29, 1.82) is 0 Å². The standard InChI is InChI=1S/C28H28F6N2O4S/c1-18(37)35-15-23-25(30)13-22(14-26(23)41(2,38)39)40-12-4-11-36(16-19-7-9-21(29)10-8-19)17-20-5-3-6-24(27(20)31)28(32,33)34/h3,5-10,13-14H,4,11-12,15-17H2,1-2H3,(H,35,37). The summed E-state index contributed by atoms with van der Waals surface area (Å²) in [5.74, 6) is -3.30. The average molecular weight is 603 g/mol. The number of carbonyl (C=O) groups is 1. The number of benzene rings is 3. The number of alkyl halides is 3. The number of nitrogens with zero attached hydrogens (tertiary/aromatic N) is 1. The fourth-order valence-electron chi connectivity index (χ4n) is 4.09. The maximum atomic E-state index is 14.7. The molecule has 3 aromatic carbocycles. The summed E-state index contributed by atoms with van der Waals surface area (Å²) in [6.07, 6.45) is -3.73.